The van der Waals surface area contributed by atoms with E-state index in [9.17, 15) is 33.9 Å². The minimum Gasteiger partial charge on any atom is -0.481 e. The van der Waals surface area contributed by atoms with Crippen LogP contribution in [0.4, 0.5) is 0 Å². The van der Waals surface area contributed by atoms with Gasteiger partial charge in [0.05, 0.1) is 12.5 Å². The van der Waals surface area contributed by atoms with Gasteiger partial charge in [-0.1, -0.05) is 30.3 Å². The summed E-state index contributed by atoms with van der Waals surface area (Å²) in [6.45, 7) is 0. The molecule has 0 aromatic heterocycles. The number of aliphatic carboxylic acids is 2. The maximum absolute atomic E-state index is 12.7. The van der Waals surface area contributed by atoms with Gasteiger partial charge in [-0.25, -0.2) is 4.79 Å². The summed E-state index contributed by atoms with van der Waals surface area (Å²) in [6.07, 6.45) is -1.16. The lowest BCUT2D eigenvalue weighted by Gasteiger charge is -2.24. The van der Waals surface area contributed by atoms with E-state index < -0.39 is 66.2 Å². The molecule has 1 aromatic carbocycles. The lowest BCUT2D eigenvalue weighted by atomic mass is 10.1. The molecule has 0 saturated heterocycles. The summed E-state index contributed by atoms with van der Waals surface area (Å²) in [6, 6.07) is 3.08. The molecule has 0 radical (unpaired) electrons. The van der Waals surface area contributed by atoms with E-state index in [0.717, 1.165) is 0 Å². The molecule has 14 heteroatoms. The third-order valence-corrected chi connectivity index (χ3v) is 5.13. The van der Waals surface area contributed by atoms with Crippen LogP contribution in [0.15, 0.2) is 30.3 Å². The van der Waals surface area contributed by atoms with Crippen LogP contribution in [0.25, 0.3) is 0 Å². The number of carbonyl (C=O) groups is 6. The number of amides is 4. The average molecular weight is 512 g/mol. The topological polar surface area (TPSA) is 231 Å². The van der Waals surface area contributed by atoms with E-state index in [1.165, 1.54) is 0 Å². The van der Waals surface area contributed by atoms with Crippen molar-refractivity contribution in [3.63, 3.8) is 0 Å². The Bertz CT molecular complexity index is 930. The Balaban J connectivity index is 2.86. The zero-order valence-electron chi connectivity index (χ0n) is 18.7. The third kappa shape index (κ3) is 10.9. The van der Waals surface area contributed by atoms with Crippen molar-refractivity contribution in [2.45, 2.75) is 49.9 Å². The smallest absolute Gasteiger partial charge is 0.326 e. The number of benzene rings is 1. The van der Waals surface area contributed by atoms with Gasteiger partial charge in [-0.3, -0.25) is 24.0 Å². The molecule has 0 aliphatic heterocycles. The number of hydrogen-bond donors (Lipinski definition) is 8. The minimum absolute atomic E-state index is 0.0178. The largest absolute Gasteiger partial charge is 0.481 e. The van der Waals surface area contributed by atoms with Gasteiger partial charge in [-0.15, -0.1) is 0 Å². The number of nitrogens with one attached hydrogen (secondary N) is 3. The number of hydrogen-bond acceptors (Lipinski definition) is 8. The van der Waals surface area contributed by atoms with E-state index in [-0.39, 0.29) is 25.0 Å². The SMILES string of the molecule is NC(=O)CCC(N)C(=O)NC(CC(=O)O)C(=O)NC(CS)C(=O)NC(Cc1ccccc1)C(=O)O. The van der Waals surface area contributed by atoms with E-state index in [1.807, 2.05) is 0 Å². The molecule has 4 unspecified atom stereocenters. The number of carboxylic acid groups (broad SMARTS) is 2. The highest BCUT2D eigenvalue weighted by Gasteiger charge is 2.31. The molecule has 1 rings (SSSR count). The molecule has 0 bridgehead atoms. The van der Waals surface area contributed by atoms with E-state index >= 15 is 0 Å². The first-order valence-electron chi connectivity index (χ1n) is 10.5. The predicted octanol–water partition coefficient (Wildman–Crippen LogP) is -2.23. The van der Waals surface area contributed by atoms with E-state index in [2.05, 4.69) is 28.6 Å². The highest BCUT2D eigenvalue weighted by Crippen LogP contribution is 2.05. The normalized spacial score (nSPS) is 14.0. The van der Waals surface area contributed by atoms with Gasteiger partial charge < -0.3 is 37.6 Å². The van der Waals surface area contributed by atoms with Gasteiger partial charge in [0.25, 0.3) is 0 Å². The fourth-order valence-corrected chi connectivity index (χ4v) is 3.14. The van der Waals surface area contributed by atoms with Crippen LogP contribution in [0, 0.1) is 0 Å². The molecule has 0 fully saturated rings. The highest BCUT2D eigenvalue weighted by molar-refractivity contribution is 7.80. The molecular weight excluding hydrogens is 482 g/mol. The monoisotopic (exact) mass is 511 g/mol. The Morgan fingerprint density at radius 2 is 1.40 bits per heavy atom. The summed E-state index contributed by atoms with van der Waals surface area (Å²) < 4.78 is 0. The van der Waals surface area contributed by atoms with Crippen LogP contribution in [0.2, 0.25) is 0 Å². The van der Waals surface area contributed by atoms with Gasteiger partial charge in [0.15, 0.2) is 0 Å². The van der Waals surface area contributed by atoms with E-state index in [4.69, 9.17) is 16.6 Å². The second kappa shape index (κ2) is 14.6. The zero-order valence-corrected chi connectivity index (χ0v) is 19.6. The number of carboxylic acids is 2. The van der Waals surface area contributed by atoms with Crippen molar-refractivity contribution in [2.24, 2.45) is 11.5 Å². The molecule has 13 nitrogen and oxygen atoms in total. The second-order valence-electron chi connectivity index (χ2n) is 7.60. The van der Waals surface area contributed by atoms with Crippen molar-refractivity contribution < 1.29 is 39.0 Å². The van der Waals surface area contributed by atoms with Gasteiger partial charge in [-0.05, 0) is 12.0 Å². The van der Waals surface area contributed by atoms with Crippen molar-refractivity contribution in [2.75, 3.05) is 5.75 Å². The van der Waals surface area contributed by atoms with E-state index in [0.29, 0.717) is 5.56 Å². The minimum atomic E-state index is -1.60. The van der Waals surface area contributed by atoms with Gasteiger partial charge in [0.2, 0.25) is 23.6 Å². The molecule has 0 aliphatic carbocycles. The molecule has 1 aromatic rings. The molecule has 4 atom stereocenters. The van der Waals surface area contributed by atoms with Gasteiger partial charge in [0, 0.05) is 18.6 Å². The number of thiol groups is 1. The van der Waals surface area contributed by atoms with Gasteiger partial charge >= 0.3 is 11.9 Å². The Hall–Kier alpha value is -3.65. The Labute approximate surface area is 206 Å². The fourth-order valence-electron chi connectivity index (χ4n) is 2.88. The van der Waals surface area contributed by atoms with Gasteiger partial charge in [0.1, 0.15) is 18.1 Å². The highest BCUT2D eigenvalue weighted by atomic mass is 32.1. The van der Waals surface area contributed by atoms with Crippen LogP contribution >= 0.6 is 12.6 Å². The average Bonchev–Trinajstić information content (AvgIpc) is 2.79. The number of rotatable bonds is 15. The summed E-state index contributed by atoms with van der Waals surface area (Å²) in [4.78, 5) is 71.1. The molecule has 35 heavy (non-hydrogen) atoms. The molecular formula is C21H29N5O8S. The van der Waals surface area contributed by atoms with Crippen LogP contribution in [0.1, 0.15) is 24.8 Å². The third-order valence-electron chi connectivity index (χ3n) is 4.76. The summed E-state index contributed by atoms with van der Waals surface area (Å²) in [5, 5.41) is 25.3. The maximum Gasteiger partial charge on any atom is 0.326 e. The summed E-state index contributed by atoms with van der Waals surface area (Å²) in [7, 11) is 0. The lowest BCUT2D eigenvalue weighted by molar-refractivity contribution is -0.143. The van der Waals surface area contributed by atoms with Crippen LogP contribution < -0.4 is 27.4 Å². The van der Waals surface area contributed by atoms with Crippen molar-refractivity contribution in [1.82, 2.24) is 16.0 Å². The molecule has 0 aliphatic rings. The van der Waals surface area contributed by atoms with Crippen LogP contribution in [0.5, 0.6) is 0 Å². The molecule has 4 amide bonds. The number of carbonyl (C=O) groups excluding carboxylic acids is 4. The zero-order chi connectivity index (χ0) is 26.5. The van der Waals surface area contributed by atoms with Crippen molar-refractivity contribution >= 4 is 48.2 Å². The van der Waals surface area contributed by atoms with Crippen molar-refractivity contribution in [3.05, 3.63) is 35.9 Å². The second-order valence-corrected chi connectivity index (χ2v) is 7.97. The first-order chi connectivity index (χ1) is 16.4. The molecule has 0 spiro atoms. The standard InChI is InChI=1S/C21H29N5O8S/c22-12(6-7-16(23)27)18(30)24-13(9-17(28)29)19(31)26-15(10-35)20(32)25-14(21(33)34)8-11-4-2-1-3-5-11/h1-5,12-15,35H,6-10,22H2,(H2,23,27)(H,24,30)(H,25,32)(H,26,31)(H,28,29)(H,33,34). The molecule has 0 saturated carbocycles. The Morgan fingerprint density at radius 3 is 1.91 bits per heavy atom. The summed E-state index contributed by atoms with van der Waals surface area (Å²) in [5.74, 6) is -6.44. The number of primary amides is 1. The van der Waals surface area contributed by atoms with Crippen molar-refractivity contribution in [1.29, 1.82) is 0 Å². The Morgan fingerprint density at radius 1 is 0.857 bits per heavy atom. The van der Waals surface area contributed by atoms with Crippen LogP contribution in [0.3, 0.4) is 0 Å². The first kappa shape index (κ1) is 29.4. The van der Waals surface area contributed by atoms with Crippen LogP contribution in [-0.2, 0) is 35.2 Å². The summed E-state index contributed by atoms with van der Waals surface area (Å²) >= 11 is 4.00. The van der Waals surface area contributed by atoms with Gasteiger partial charge in [-0.2, -0.15) is 12.6 Å². The van der Waals surface area contributed by atoms with E-state index in [1.54, 1.807) is 30.3 Å². The Kier molecular flexibility index (Phi) is 12.2. The van der Waals surface area contributed by atoms with Crippen LogP contribution in [-0.4, -0.2) is 75.7 Å². The predicted molar refractivity (Wildman–Crippen MR) is 126 cm³/mol. The molecule has 9 N–H and O–H groups in total. The summed E-state index contributed by atoms with van der Waals surface area (Å²) in [5.41, 5.74) is 11.3. The number of nitrogens with two attached hydrogens (primary N) is 2. The fraction of sp³-hybridized carbons (Fsp3) is 0.429. The lowest BCUT2D eigenvalue weighted by Crippen LogP contribution is -2.58. The van der Waals surface area contributed by atoms with Crippen molar-refractivity contribution in [3.8, 4) is 0 Å². The quantitative estimate of drug-likeness (QED) is 0.119. The molecule has 192 valence electrons. The molecule has 0 heterocycles. The maximum atomic E-state index is 12.7. The first-order valence-corrected chi connectivity index (χ1v) is 11.1.